The Bertz CT molecular complexity index is 532. The highest BCUT2D eigenvalue weighted by molar-refractivity contribution is 5.41. The standard InChI is InChI=1S/C17H24N4O/c1-2-22-16-11-19-17(20-12-16)21-15-7-5-13(6-8-15)14-4-3-9-18-10-14/h5,7-8,11-14,18H,2-4,6,9-10H2,1H3,(H,19,20,21)/t13?,14-/m1/s1. The number of hydrogen-bond acceptors (Lipinski definition) is 5. The van der Waals surface area contributed by atoms with Gasteiger partial charge in [-0.05, 0) is 57.2 Å². The molecule has 0 saturated carbocycles. The van der Waals surface area contributed by atoms with E-state index in [-0.39, 0.29) is 0 Å². The molecule has 5 nitrogen and oxygen atoms in total. The lowest BCUT2D eigenvalue weighted by atomic mass is 9.82. The molecule has 1 aliphatic carbocycles. The molecule has 0 aromatic carbocycles. The van der Waals surface area contributed by atoms with Crippen molar-refractivity contribution in [3.05, 3.63) is 36.3 Å². The molecular weight excluding hydrogens is 276 g/mol. The highest BCUT2D eigenvalue weighted by Crippen LogP contribution is 2.28. The van der Waals surface area contributed by atoms with Crippen molar-refractivity contribution >= 4 is 5.95 Å². The molecule has 22 heavy (non-hydrogen) atoms. The van der Waals surface area contributed by atoms with Crippen LogP contribution in [0.4, 0.5) is 5.95 Å². The van der Waals surface area contributed by atoms with Crippen molar-refractivity contribution in [3.8, 4) is 5.75 Å². The maximum atomic E-state index is 5.34. The van der Waals surface area contributed by atoms with Gasteiger partial charge in [0.05, 0.1) is 19.0 Å². The lowest BCUT2D eigenvalue weighted by Gasteiger charge is -2.30. The largest absolute Gasteiger partial charge is 0.491 e. The van der Waals surface area contributed by atoms with Gasteiger partial charge in [-0.15, -0.1) is 0 Å². The normalized spacial score (nSPS) is 24.7. The molecule has 2 heterocycles. The summed E-state index contributed by atoms with van der Waals surface area (Å²) < 4.78 is 5.34. The number of ether oxygens (including phenoxy) is 1. The summed E-state index contributed by atoms with van der Waals surface area (Å²) in [6.45, 7) is 4.89. The number of hydrogen-bond donors (Lipinski definition) is 2. The summed E-state index contributed by atoms with van der Waals surface area (Å²) >= 11 is 0. The van der Waals surface area contributed by atoms with Gasteiger partial charge in [-0.2, -0.15) is 0 Å². The molecule has 2 aliphatic rings. The molecule has 1 fully saturated rings. The minimum Gasteiger partial charge on any atom is -0.491 e. The molecule has 5 heteroatoms. The highest BCUT2D eigenvalue weighted by Gasteiger charge is 2.22. The number of anilines is 1. The van der Waals surface area contributed by atoms with Gasteiger partial charge >= 0.3 is 0 Å². The summed E-state index contributed by atoms with van der Waals surface area (Å²) in [6, 6.07) is 0. The Hall–Kier alpha value is -1.88. The first-order chi connectivity index (χ1) is 10.8. The molecule has 1 aliphatic heterocycles. The molecular formula is C17H24N4O. The molecule has 0 amide bonds. The summed E-state index contributed by atoms with van der Waals surface area (Å²) in [5, 5.41) is 6.75. The van der Waals surface area contributed by atoms with Gasteiger partial charge < -0.3 is 15.4 Å². The summed E-state index contributed by atoms with van der Waals surface area (Å²) in [4.78, 5) is 8.54. The van der Waals surface area contributed by atoms with Crippen molar-refractivity contribution in [1.29, 1.82) is 0 Å². The SMILES string of the molecule is CCOc1cnc(NC2=CCC([C@@H]3CCCNC3)C=C2)nc1. The summed E-state index contributed by atoms with van der Waals surface area (Å²) in [5.74, 6) is 2.73. The Morgan fingerprint density at radius 3 is 2.86 bits per heavy atom. The number of nitrogens with zero attached hydrogens (tertiary/aromatic N) is 2. The maximum Gasteiger partial charge on any atom is 0.227 e. The van der Waals surface area contributed by atoms with Crippen molar-refractivity contribution in [2.24, 2.45) is 11.8 Å². The predicted octanol–water partition coefficient (Wildman–Crippen LogP) is 2.75. The zero-order chi connectivity index (χ0) is 15.2. The lowest BCUT2D eigenvalue weighted by molar-refractivity contribution is 0.303. The predicted molar refractivity (Wildman–Crippen MR) is 87.7 cm³/mol. The first kappa shape index (κ1) is 15.0. The molecule has 2 N–H and O–H groups in total. The number of allylic oxidation sites excluding steroid dienone is 3. The summed E-state index contributed by atoms with van der Waals surface area (Å²) in [5.41, 5.74) is 1.07. The van der Waals surface area contributed by atoms with Gasteiger partial charge in [-0.25, -0.2) is 9.97 Å². The van der Waals surface area contributed by atoms with Crippen LogP contribution in [-0.2, 0) is 0 Å². The van der Waals surface area contributed by atoms with Crippen molar-refractivity contribution in [3.63, 3.8) is 0 Å². The molecule has 0 radical (unpaired) electrons. The van der Waals surface area contributed by atoms with Crippen LogP contribution in [0.15, 0.2) is 36.3 Å². The van der Waals surface area contributed by atoms with E-state index in [1.165, 1.54) is 19.4 Å². The summed E-state index contributed by atoms with van der Waals surface area (Å²) in [7, 11) is 0. The monoisotopic (exact) mass is 300 g/mol. The molecule has 3 rings (SSSR count). The molecule has 118 valence electrons. The van der Waals surface area contributed by atoms with E-state index in [1.807, 2.05) is 6.92 Å². The minimum atomic E-state index is 0.608. The van der Waals surface area contributed by atoms with Crippen molar-refractivity contribution < 1.29 is 4.74 Å². The number of aromatic nitrogens is 2. The van der Waals surface area contributed by atoms with Gasteiger partial charge in [0, 0.05) is 5.70 Å². The fraction of sp³-hybridized carbons (Fsp3) is 0.529. The van der Waals surface area contributed by atoms with Gasteiger partial charge in [0.15, 0.2) is 5.75 Å². The Balaban J connectivity index is 1.53. The number of nitrogens with one attached hydrogen (secondary N) is 2. The zero-order valence-electron chi connectivity index (χ0n) is 13.1. The third-order valence-electron chi connectivity index (χ3n) is 4.27. The quantitative estimate of drug-likeness (QED) is 0.875. The highest BCUT2D eigenvalue weighted by atomic mass is 16.5. The molecule has 1 aromatic rings. The minimum absolute atomic E-state index is 0.608. The van der Waals surface area contributed by atoms with E-state index in [0.29, 0.717) is 24.2 Å². The van der Waals surface area contributed by atoms with Crippen LogP contribution in [0.1, 0.15) is 26.2 Å². The second-order valence-corrected chi connectivity index (χ2v) is 5.82. The Labute approximate surface area is 131 Å². The van der Waals surface area contributed by atoms with Gasteiger partial charge in [-0.3, -0.25) is 0 Å². The fourth-order valence-electron chi connectivity index (χ4n) is 3.07. The van der Waals surface area contributed by atoms with Crippen LogP contribution in [0.5, 0.6) is 5.75 Å². The van der Waals surface area contributed by atoms with Crippen molar-refractivity contribution in [2.45, 2.75) is 26.2 Å². The van der Waals surface area contributed by atoms with E-state index in [0.717, 1.165) is 24.6 Å². The molecule has 2 atom stereocenters. The second kappa shape index (κ2) is 7.40. The molecule has 1 unspecified atom stereocenters. The first-order valence-corrected chi connectivity index (χ1v) is 8.16. The van der Waals surface area contributed by atoms with E-state index in [9.17, 15) is 0 Å². The third kappa shape index (κ3) is 3.85. The number of piperidine rings is 1. The van der Waals surface area contributed by atoms with Gasteiger partial charge in [0.25, 0.3) is 0 Å². The van der Waals surface area contributed by atoms with Crippen LogP contribution in [0.2, 0.25) is 0 Å². The van der Waals surface area contributed by atoms with E-state index in [1.54, 1.807) is 12.4 Å². The lowest BCUT2D eigenvalue weighted by Crippen LogP contribution is -2.33. The second-order valence-electron chi connectivity index (χ2n) is 5.82. The smallest absolute Gasteiger partial charge is 0.227 e. The summed E-state index contributed by atoms with van der Waals surface area (Å²) in [6.07, 6.45) is 13.8. The average molecular weight is 300 g/mol. The Morgan fingerprint density at radius 1 is 1.36 bits per heavy atom. The molecule has 1 saturated heterocycles. The van der Waals surface area contributed by atoms with E-state index >= 15 is 0 Å². The van der Waals surface area contributed by atoms with Crippen LogP contribution >= 0.6 is 0 Å². The van der Waals surface area contributed by atoms with Crippen LogP contribution < -0.4 is 15.4 Å². The first-order valence-electron chi connectivity index (χ1n) is 8.16. The molecule has 0 bridgehead atoms. The van der Waals surface area contributed by atoms with Crippen molar-refractivity contribution in [2.75, 3.05) is 25.0 Å². The topological polar surface area (TPSA) is 59.1 Å². The van der Waals surface area contributed by atoms with Crippen LogP contribution in [0.25, 0.3) is 0 Å². The molecule has 1 aromatic heterocycles. The maximum absolute atomic E-state index is 5.34. The van der Waals surface area contributed by atoms with Crippen LogP contribution in [0.3, 0.4) is 0 Å². The van der Waals surface area contributed by atoms with E-state index in [4.69, 9.17) is 4.74 Å². The van der Waals surface area contributed by atoms with Crippen LogP contribution in [0, 0.1) is 11.8 Å². The number of rotatable bonds is 5. The Kier molecular flexibility index (Phi) is 5.06. The van der Waals surface area contributed by atoms with Gasteiger partial charge in [0.2, 0.25) is 5.95 Å². The third-order valence-corrected chi connectivity index (χ3v) is 4.27. The molecule has 0 spiro atoms. The average Bonchev–Trinajstić information content (AvgIpc) is 2.58. The van der Waals surface area contributed by atoms with Gasteiger partial charge in [0.1, 0.15) is 0 Å². The van der Waals surface area contributed by atoms with Crippen LogP contribution in [-0.4, -0.2) is 29.7 Å². The van der Waals surface area contributed by atoms with E-state index < -0.39 is 0 Å². The fourth-order valence-corrected chi connectivity index (χ4v) is 3.07. The van der Waals surface area contributed by atoms with Crippen molar-refractivity contribution in [1.82, 2.24) is 15.3 Å². The zero-order valence-corrected chi connectivity index (χ0v) is 13.1. The van der Waals surface area contributed by atoms with Gasteiger partial charge in [-0.1, -0.05) is 12.2 Å². The van der Waals surface area contributed by atoms with E-state index in [2.05, 4.69) is 38.8 Å². The Morgan fingerprint density at radius 2 is 2.23 bits per heavy atom.